The second kappa shape index (κ2) is 10.1. The minimum Gasteiger partial charge on any atom is -0.494 e. The second-order valence-electron chi connectivity index (χ2n) is 6.55. The van der Waals surface area contributed by atoms with Crippen LogP contribution in [-0.4, -0.2) is 45.9 Å². The standard InChI is InChI=1S/C21H23N9O2/c1-5-29(6-2)18-10-16(26-14(3)31)17(11-19(18)32-4)27-28-20-15(12-22)13-25-30(20)21-23-8-7-9-24-21/h7-11,13H,5-6H2,1-4H3,(H,26,31). The van der Waals surface area contributed by atoms with Crippen LogP contribution in [0.5, 0.6) is 5.75 Å². The van der Waals surface area contributed by atoms with Crippen LogP contribution in [0.3, 0.4) is 0 Å². The molecule has 2 aromatic heterocycles. The quantitative estimate of drug-likeness (QED) is 0.535. The molecule has 0 aliphatic carbocycles. The molecule has 0 spiro atoms. The highest BCUT2D eigenvalue weighted by Gasteiger charge is 2.17. The summed E-state index contributed by atoms with van der Waals surface area (Å²) in [5.41, 5.74) is 1.85. The Balaban J connectivity index is 2.12. The Kier molecular flexibility index (Phi) is 7.07. The van der Waals surface area contributed by atoms with Gasteiger partial charge in [-0.1, -0.05) is 0 Å². The van der Waals surface area contributed by atoms with E-state index in [1.54, 1.807) is 37.7 Å². The normalized spacial score (nSPS) is 10.7. The van der Waals surface area contributed by atoms with Gasteiger partial charge in [0.15, 0.2) is 5.82 Å². The molecule has 3 rings (SSSR count). The Morgan fingerprint density at radius 2 is 1.97 bits per heavy atom. The zero-order valence-corrected chi connectivity index (χ0v) is 18.3. The van der Waals surface area contributed by atoms with Crippen molar-refractivity contribution in [3.63, 3.8) is 0 Å². The number of carbonyl (C=O) groups excluding carboxylic acids is 1. The molecule has 0 saturated carbocycles. The summed E-state index contributed by atoms with van der Waals surface area (Å²) in [6, 6.07) is 7.19. The van der Waals surface area contributed by atoms with Crippen molar-refractivity contribution in [2.45, 2.75) is 20.8 Å². The summed E-state index contributed by atoms with van der Waals surface area (Å²) >= 11 is 0. The average Bonchev–Trinajstić information content (AvgIpc) is 3.22. The zero-order chi connectivity index (χ0) is 23.1. The number of azo groups is 1. The van der Waals surface area contributed by atoms with E-state index < -0.39 is 0 Å². The van der Waals surface area contributed by atoms with Gasteiger partial charge in [-0.15, -0.1) is 10.2 Å². The van der Waals surface area contributed by atoms with E-state index in [-0.39, 0.29) is 23.2 Å². The fourth-order valence-corrected chi connectivity index (χ4v) is 3.07. The summed E-state index contributed by atoms with van der Waals surface area (Å²) in [5.74, 6) is 0.744. The Morgan fingerprint density at radius 3 is 2.56 bits per heavy atom. The number of ether oxygens (including phenoxy) is 1. The van der Waals surface area contributed by atoms with E-state index in [0.717, 1.165) is 18.8 Å². The van der Waals surface area contributed by atoms with Gasteiger partial charge in [0.2, 0.25) is 5.91 Å². The lowest BCUT2D eigenvalue weighted by atomic mass is 10.2. The SMILES string of the molecule is CCN(CC)c1cc(NC(C)=O)c(N=Nc2c(C#N)cnn2-c2ncccn2)cc1OC. The number of nitriles is 1. The summed E-state index contributed by atoms with van der Waals surface area (Å²) < 4.78 is 6.88. The van der Waals surface area contributed by atoms with Crippen molar-refractivity contribution in [3.8, 4) is 17.8 Å². The molecule has 3 aromatic rings. The third kappa shape index (κ3) is 4.70. The topological polar surface area (TPSA) is 134 Å². The summed E-state index contributed by atoms with van der Waals surface area (Å²) in [4.78, 5) is 22.2. The molecule has 164 valence electrons. The second-order valence-corrected chi connectivity index (χ2v) is 6.55. The first-order valence-electron chi connectivity index (χ1n) is 9.94. The van der Waals surface area contributed by atoms with Crippen LogP contribution in [0.25, 0.3) is 5.95 Å². The van der Waals surface area contributed by atoms with Gasteiger partial charge in [-0.05, 0) is 26.0 Å². The third-order valence-corrected chi connectivity index (χ3v) is 4.57. The van der Waals surface area contributed by atoms with Crippen LogP contribution in [0.2, 0.25) is 0 Å². The summed E-state index contributed by atoms with van der Waals surface area (Å²) in [6.07, 6.45) is 4.48. The number of nitrogens with one attached hydrogen (secondary N) is 1. The minimum absolute atomic E-state index is 0.166. The lowest BCUT2D eigenvalue weighted by Crippen LogP contribution is -2.22. The van der Waals surface area contributed by atoms with Crippen molar-refractivity contribution >= 4 is 28.8 Å². The predicted octanol–water partition coefficient (Wildman–Crippen LogP) is 3.76. The third-order valence-electron chi connectivity index (χ3n) is 4.57. The molecule has 2 heterocycles. The van der Waals surface area contributed by atoms with Gasteiger partial charge in [-0.25, -0.2) is 9.97 Å². The van der Waals surface area contributed by atoms with E-state index in [9.17, 15) is 10.1 Å². The maximum absolute atomic E-state index is 11.8. The highest BCUT2D eigenvalue weighted by atomic mass is 16.5. The molecule has 0 unspecified atom stereocenters. The number of anilines is 2. The number of aromatic nitrogens is 4. The number of amides is 1. The first-order valence-corrected chi connectivity index (χ1v) is 9.94. The molecular formula is C21H23N9O2. The number of hydrogen-bond donors (Lipinski definition) is 1. The molecule has 0 aliphatic heterocycles. The predicted molar refractivity (Wildman–Crippen MR) is 119 cm³/mol. The Bertz CT molecular complexity index is 1160. The molecule has 0 aliphatic rings. The van der Waals surface area contributed by atoms with Crippen LogP contribution in [0.4, 0.5) is 22.9 Å². The molecule has 0 atom stereocenters. The van der Waals surface area contributed by atoms with Crippen molar-refractivity contribution in [1.82, 2.24) is 19.7 Å². The van der Waals surface area contributed by atoms with Gasteiger partial charge >= 0.3 is 0 Å². The fraction of sp³-hybridized carbons (Fsp3) is 0.286. The van der Waals surface area contributed by atoms with Crippen molar-refractivity contribution in [2.75, 3.05) is 30.4 Å². The summed E-state index contributed by atoms with van der Waals surface area (Å²) in [6.45, 7) is 7.00. The number of methoxy groups -OCH3 is 1. The van der Waals surface area contributed by atoms with Gasteiger partial charge in [-0.2, -0.15) is 15.0 Å². The number of carbonyl (C=O) groups is 1. The smallest absolute Gasteiger partial charge is 0.252 e. The van der Waals surface area contributed by atoms with Gasteiger partial charge in [0.25, 0.3) is 5.95 Å². The molecule has 0 fully saturated rings. The van der Waals surface area contributed by atoms with E-state index in [4.69, 9.17) is 4.74 Å². The first kappa shape index (κ1) is 22.4. The highest BCUT2D eigenvalue weighted by molar-refractivity contribution is 5.93. The Hall–Kier alpha value is -4.33. The Labute approximate surface area is 185 Å². The van der Waals surface area contributed by atoms with Crippen molar-refractivity contribution in [2.24, 2.45) is 10.2 Å². The average molecular weight is 433 g/mol. The maximum Gasteiger partial charge on any atom is 0.252 e. The number of hydrogen-bond acceptors (Lipinski definition) is 9. The van der Waals surface area contributed by atoms with Gasteiger partial charge < -0.3 is 15.0 Å². The van der Waals surface area contributed by atoms with Gasteiger partial charge in [0.05, 0.1) is 24.7 Å². The molecule has 32 heavy (non-hydrogen) atoms. The first-order chi connectivity index (χ1) is 15.5. The molecular weight excluding hydrogens is 410 g/mol. The van der Waals surface area contributed by atoms with Crippen molar-refractivity contribution in [3.05, 3.63) is 42.4 Å². The Morgan fingerprint density at radius 1 is 1.25 bits per heavy atom. The van der Waals surface area contributed by atoms with Gasteiger partial charge in [0.1, 0.15) is 23.1 Å². The van der Waals surface area contributed by atoms with E-state index in [1.807, 2.05) is 19.9 Å². The molecule has 1 amide bonds. The number of benzene rings is 1. The molecule has 0 saturated heterocycles. The lowest BCUT2D eigenvalue weighted by molar-refractivity contribution is -0.114. The van der Waals surface area contributed by atoms with E-state index in [0.29, 0.717) is 17.1 Å². The van der Waals surface area contributed by atoms with E-state index in [1.165, 1.54) is 17.8 Å². The van der Waals surface area contributed by atoms with Gasteiger partial charge in [-0.3, -0.25) is 4.79 Å². The van der Waals surface area contributed by atoms with Crippen LogP contribution in [0, 0.1) is 11.3 Å². The highest BCUT2D eigenvalue weighted by Crippen LogP contribution is 2.39. The maximum atomic E-state index is 11.8. The molecule has 11 nitrogen and oxygen atoms in total. The van der Waals surface area contributed by atoms with E-state index >= 15 is 0 Å². The van der Waals surface area contributed by atoms with Crippen LogP contribution in [0.15, 0.2) is 47.0 Å². The lowest BCUT2D eigenvalue weighted by Gasteiger charge is -2.24. The number of rotatable bonds is 8. The summed E-state index contributed by atoms with van der Waals surface area (Å²) in [7, 11) is 1.57. The largest absolute Gasteiger partial charge is 0.494 e. The molecule has 1 N–H and O–H groups in total. The number of nitrogens with zero attached hydrogens (tertiary/aromatic N) is 8. The van der Waals surface area contributed by atoms with Gasteiger partial charge in [0, 0.05) is 38.5 Å². The van der Waals surface area contributed by atoms with Crippen molar-refractivity contribution in [1.29, 1.82) is 5.26 Å². The van der Waals surface area contributed by atoms with E-state index in [2.05, 4.69) is 35.5 Å². The summed E-state index contributed by atoms with van der Waals surface area (Å²) in [5, 5.41) is 24.9. The van der Waals surface area contributed by atoms with Crippen molar-refractivity contribution < 1.29 is 9.53 Å². The minimum atomic E-state index is -0.252. The monoisotopic (exact) mass is 433 g/mol. The fourth-order valence-electron chi connectivity index (χ4n) is 3.07. The van der Waals surface area contributed by atoms with Crippen LogP contribution in [0.1, 0.15) is 26.3 Å². The zero-order valence-electron chi connectivity index (χ0n) is 18.3. The van der Waals surface area contributed by atoms with Crippen LogP contribution >= 0.6 is 0 Å². The molecule has 1 aromatic carbocycles. The molecule has 11 heteroatoms. The molecule has 0 radical (unpaired) electrons. The van der Waals surface area contributed by atoms with Crippen LogP contribution in [-0.2, 0) is 4.79 Å². The molecule has 0 bridgehead atoms. The van der Waals surface area contributed by atoms with Crippen LogP contribution < -0.4 is 15.0 Å².